The average Bonchev–Trinajstić information content (AvgIpc) is 3.17. The van der Waals surface area contributed by atoms with Gasteiger partial charge in [-0.15, -0.1) is 11.3 Å². The monoisotopic (exact) mass is 453 g/mol. The van der Waals surface area contributed by atoms with Gasteiger partial charge < -0.3 is 10.1 Å². The van der Waals surface area contributed by atoms with E-state index < -0.39 is 0 Å². The number of carbonyl (C=O) groups excluding carboxylic acids is 1. The lowest BCUT2D eigenvalue weighted by atomic mass is 10.2. The third-order valence-electron chi connectivity index (χ3n) is 3.96. The molecule has 0 amide bonds. The predicted octanol–water partition coefficient (Wildman–Crippen LogP) is 7.00. The molecule has 2 heterocycles. The van der Waals surface area contributed by atoms with Gasteiger partial charge in [0.05, 0.1) is 10.7 Å². The highest BCUT2D eigenvalue weighted by Crippen LogP contribution is 2.38. The molecule has 150 valence electrons. The van der Waals surface area contributed by atoms with Crippen molar-refractivity contribution >= 4 is 51.9 Å². The minimum absolute atomic E-state index is 0.378. The third kappa shape index (κ3) is 4.99. The van der Waals surface area contributed by atoms with Crippen LogP contribution in [-0.2, 0) is 0 Å². The van der Waals surface area contributed by atoms with Crippen LogP contribution in [0.2, 0.25) is 5.02 Å². The Balaban J connectivity index is 1.69. The first-order chi connectivity index (χ1) is 14.6. The van der Waals surface area contributed by atoms with Gasteiger partial charge in [0.1, 0.15) is 12.0 Å². The third-order valence-corrected chi connectivity index (χ3v) is 6.12. The van der Waals surface area contributed by atoms with Gasteiger partial charge >= 0.3 is 0 Å². The van der Waals surface area contributed by atoms with Gasteiger partial charge in [-0.2, -0.15) is 0 Å². The predicted molar refractivity (Wildman–Crippen MR) is 122 cm³/mol. The Labute approximate surface area is 187 Å². The zero-order valence-electron chi connectivity index (χ0n) is 15.8. The maximum atomic E-state index is 11.2. The molecule has 0 saturated carbocycles. The lowest BCUT2D eigenvalue weighted by Crippen LogP contribution is -1.98. The van der Waals surface area contributed by atoms with Gasteiger partial charge in [0.2, 0.25) is 0 Å². The van der Waals surface area contributed by atoms with Crippen LogP contribution in [0.1, 0.15) is 16.1 Å². The van der Waals surface area contributed by atoms with Crippen LogP contribution in [0.25, 0.3) is 0 Å². The molecule has 30 heavy (non-hydrogen) atoms. The molecule has 0 aliphatic rings. The molecule has 0 aliphatic carbocycles. The van der Waals surface area contributed by atoms with Crippen molar-refractivity contribution in [2.24, 2.45) is 0 Å². The first-order valence-electron chi connectivity index (χ1n) is 8.95. The largest absolute Gasteiger partial charge is 0.452 e. The number of thiazole rings is 1. The van der Waals surface area contributed by atoms with Crippen molar-refractivity contribution in [1.29, 1.82) is 0 Å². The molecule has 0 spiro atoms. The van der Waals surface area contributed by atoms with Crippen molar-refractivity contribution in [1.82, 2.24) is 9.97 Å². The molecule has 4 rings (SSSR count). The van der Waals surface area contributed by atoms with Gasteiger partial charge in [-0.05, 0) is 37.3 Å². The Morgan fingerprint density at radius 1 is 1.10 bits per heavy atom. The lowest BCUT2D eigenvalue weighted by Gasteiger charge is -2.13. The van der Waals surface area contributed by atoms with Gasteiger partial charge in [0, 0.05) is 33.0 Å². The number of halogens is 1. The number of hydrogen-bond acceptors (Lipinski definition) is 7. The van der Waals surface area contributed by atoms with Gasteiger partial charge in [-0.3, -0.25) is 4.79 Å². The molecule has 1 N–H and O–H groups in total. The van der Waals surface area contributed by atoms with E-state index in [0.717, 1.165) is 21.8 Å². The van der Waals surface area contributed by atoms with Crippen LogP contribution >= 0.6 is 34.7 Å². The van der Waals surface area contributed by atoms with Crippen molar-refractivity contribution in [2.75, 3.05) is 5.32 Å². The quantitative estimate of drug-likeness (QED) is 0.304. The number of anilines is 2. The number of nitrogens with zero attached hydrogens (tertiary/aromatic N) is 2. The fourth-order valence-electron chi connectivity index (χ4n) is 2.58. The summed E-state index contributed by atoms with van der Waals surface area (Å²) in [6, 6.07) is 16.8. The molecule has 2 aromatic heterocycles. The van der Waals surface area contributed by atoms with E-state index in [1.807, 2.05) is 48.7 Å². The van der Waals surface area contributed by atoms with Crippen LogP contribution in [0.4, 0.5) is 10.9 Å². The van der Waals surface area contributed by atoms with E-state index in [4.69, 9.17) is 16.3 Å². The molecule has 0 aliphatic heterocycles. The van der Waals surface area contributed by atoms with Crippen LogP contribution in [-0.4, -0.2) is 16.3 Å². The van der Waals surface area contributed by atoms with E-state index in [1.165, 1.54) is 11.3 Å². The summed E-state index contributed by atoms with van der Waals surface area (Å²) < 4.78 is 6.09. The summed E-state index contributed by atoms with van der Waals surface area (Å²) in [5.74, 6) is 1.37. The van der Waals surface area contributed by atoms with E-state index >= 15 is 0 Å². The number of benzene rings is 2. The van der Waals surface area contributed by atoms with Crippen molar-refractivity contribution in [3.8, 4) is 11.5 Å². The minimum Gasteiger partial charge on any atom is -0.452 e. The Bertz CT molecular complexity index is 1180. The number of aryl methyl sites for hydroxylation is 1. The normalized spacial score (nSPS) is 10.6. The first-order valence-corrected chi connectivity index (χ1v) is 11.0. The molecule has 0 radical (unpaired) electrons. The standard InChI is InChI=1S/C22H16ClN3O2S2/c1-14-13-29-22(25-14)26-21-20(28-19-9-15(12-27)7-8-18(19)23)10-17(11-24-21)30-16-5-3-2-4-6-16/h2-13H,1H3,(H,24,25,26). The molecule has 5 nitrogen and oxygen atoms in total. The number of carbonyl (C=O) groups is 1. The molecule has 0 bridgehead atoms. The molecule has 8 heteroatoms. The summed E-state index contributed by atoms with van der Waals surface area (Å²) in [6.07, 6.45) is 2.53. The number of aldehydes is 1. The number of pyridine rings is 1. The summed E-state index contributed by atoms with van der Waals surface area (Å²) >= 11 is 9.34. The van der Waals surface area contributed by atoms with Crippen LogP contribution in [0.5, 0.6) is 11.5 Å². The fourth-order valence-corrected chi connectivity index (χ4v) is 4.26. The number of nitrogens with one attached hydrogen (secondary N) is 1. The zero-order chi connectivity index (χ0) is 20.9. The molecular weight excluding hydrogens is 438 g/mol. The highest BCUT2D eigenvalue weighted by molar-refractivity contribution is 7.99. The first kappa shape index (κ1) is 20.4. The molecule has 2 aromatic carbocycles. The summed E-state index contributed by atoms with van der Waals surface area (Å²) in [7, 11) is 0. The SMILES string of the molecule is Cc1csc(Nc2ncc(Sc3ccccc3)cc2Oc2cc(C=O)ccc2Cl)n1. The molecule has 0 atom stereocenters. The summed E-state index contributed by atoms with van der Waals surface area (Å²) in [5, 5.41) is 6.26. The van der Waals surface area contributed by atoms with Crippen molar-refractivity contribution in [2.45, 2.75) is 16.7 Å². The van der Waals surface area contributed by atoms with Crippen molar-refractivity contribution in [3.05, 3.63) is 82.5 Å². The summed E-state index contributed by atoms with van der Waals surface area (Å²) in [4.78, 5) is 22.1. The Kier molecular flexibility index (Phi) is 6.32. The van der Waals surface area contributed by atoms with Crippen molar-refractivity contribution < 1.29 is 9.53 Å². The van der Waals surface area contributed by atoms with Gasteiger partial charge in [-0.1, -0.05) is 41.6 Å². The van der Waals surface area contributed by atoms with E-state index in [-0.39, 0.29) is 0 Å². The molecule has 0 unspecified atom stereocenters. The van der Waals surface area contributed by atoms with Gasteiger partial charge in [-0.25, -0.2) is 9.97 Å². The van der Waals surface area contributed by atoms with Crippen LogP contribution in [0, 0.1) is 6.92 Å². The number of aromatic nitrogens is 2. The smallest absolute Gasteiger partial charge is 0.188 e. The van der Waals surface area contributed by atoms with Crippen LogP contribution < -0.4 is 10.1 Å². The second kappa shape index (κ2) is 9.30. The van der Waals surface area contributed by atoms with E-state index in [9.17, 15) is 4.79 Å². The number of rotatable bonds is 7. The van der Waals surface area contributed by atoms with E-state index in [2.05, 4.69) is 15.3 Å². The zero-order valence-corrected chi connectivity index (χ0v) is 18.2. The Morgan fingerprint density at radius 3 is 2.67 bits per heavy atom. The minimum atomic E-state index is 0.378. The van der Waals surface area contributed by atoms with Crippen molar-refractivity contribution in [3.63, 3.8) is 0 Å². The Morgan fingerprint density at radius 2 is 1.93 bits per heavy atom. The van der Waals surface area contributed by atoms with E-state index in [0.29, 0.717) is 33.0 Å². The second-order valence-electron chi connectivity index (χ2n) is 6.26. The molecule has 0 fully saturated rings. The maximum Gasteiger partial charge on any atom is 0.188 e. The number of hydrogen-bond donors (Lipinski definition) is 1. The highest BCUT2D eigenvalue weighted by Gasteiger charge is 2.14. The molecule has 4 aromatic rings. The second-order valence-corrected chi connectivity index (χ2v) is 8.67. The topological polar surface area (TPSA) is 64.1 Å². The Hall–Kier alpha value is -2.87. The van der Waals surface area contributed by atoms with Crippen LogP contribution in [0.15, 0.2) is 76.0 Å². The van der Waals surface area contributed by atoms with Crippen LogP contribution in [0.3, 0.4) is 0 Å². The van der Waals surface area contributed by atoms with Gasteiger partial charge in [0.25, 0.3) is 0 Å². The summed E-state index contributed by atoms with van der Waals surface area (Å²) in [6.45, 7) is 1.93. The maximum absolute atomic E-state index is 11.2. The molecular formula is C22H16ClN3O2S2. The van der Waals surface area contributed by atoms with Gasteiger partial charge in [0.15, 0.2) is 16.7 Å². The summed E-state index contributed by atoms with van der Waals surface area (Å²) in [5.41, 5.74) is 1.39. The van der Waals surface area contributed by atoms with E-state index in [1.54, 1.807) is 36.2 Å². The number of ether oxygens (including phenoxy) is 1. The fraction of sp³-hybridized carbons (Fsp3) is 0.0455. The highest BCUT2D eigenvalue weighted by atomic mass is 35.5. The molecule has 0 saturated heterocycles. The average molecular weight is 454 g/mol. The lowest BCUT2D eigenvalue weighted by molar-refractivity contribution is 0.112.